The van der Waals surface area contributed by atoms with Gasteiger partial charge < -0.3 is 22.8 Å². The molecule has 0 saturated heterocycles. The minimum atomic E-state index is -3.45. The van der Waals surface area contributed by atoms with Gasteiger partial charge in [-0.2, -0.15) is 0 Å². The van der Waals surface area contributed by atoms with Crippen molar-refractivity contribution in [1.29, 1.82) is 0 Å². The van der Waals surface area contributed by atoms with Crippen LogP contribution in [0.25, 0.3) is 0 Å². The van der Waals surface area contributed by atoms with E-state index in [0.717, 1.165) is 17.5 Å². The molecule has 0 aliphatic rings. The van der Waals surface area contributed by atoms with E-state index in [1.807, 2.05) is 24.3 Å². The first kappa shape index (κ1) is 23.5. The van der Waals surface area contributed by atoms with Crippen LogP contribution in [0, 0.1) is 0 Å². The van der Waals surface area contributed by atoms with Crippen LogP contribution in [0.4, 0.5) is 0 Å². The average molecular weight is 441 g/mol. The van der Waals surface area contributed by atoms with Crippen LogP contribution < -0.4 is 4.74 Å². The number of sulfone groups is 1. The van der Waals surface area contributed by atoms with Crippen molar-refractivity contribution in [3.63, 3.8) is 0 Å². The summed E-state index contributed by atoms with van der Waals surface area (Å²) in [4.78, 5) is 0.252. The molecular formula is C20H28O7SSi. The number of benzene rings is 2. The summed E-state index contributed by atoms with van der Waals surface area (Å²) in [6.07, 6.45) is 0.720. The number of ether oxygens (including phenoxy) is 2. The highest BCUT2D eigenvalue weighted by Crippen LogP contribution is 2.21. The third kappa shape index (κ3) is 6.63. The van der Waals surface area contributed by atoms with E-state index in [1.54, 1.807) is 45.6 Å². The Morgan fingerprint density at radius 2 is 1.34 bits per heavy atom. The summed E-state index contributed by atoms with van der Waals surface area (Å²) in [5.41, 5.74) is 1.79. The zero-order valence-electron chi connectivity index (χ0n) is 17.2. The van der Waals surface area contributed by atoms with E-state index in [2.05, 4.69) is 0 Å². The molecule has 9 heteroatoms. The quantitative estimate of drug-likeness (QED) is 0.371. The lowest BCUT2D eigenvalue weighted by atomic mass is 10.1. The molecule has 0 aromatic heterocycles. The first-order valence-corrected chi connectivity index (χ1v) is 12.6. The first-order valence-electron chi connectivity index (χ1n) is 9.06. The minimum Gasteiger partial charge on any atom is -0.468 e. The molecule has 0 aliphatic carbocycles. The number of rotatable bonds is 12. The number of aryl methyl sites for hydroxylation is 1. The Morgan fingerprint density at radius 1 is 0.793 bits per heavy atom. The monoisotopic (exact) mass is 440 g/mol. The smallest absolute Gasteiger partial charge is 0.468 e. The number of methoxy groups -OCH3 is 1. The molecule has 0 heterocycles. The van der Waals surface area contributed by atoms with Crippen molar-refractivity contribution < 1.29 is 31.2 Å². The Hall–Kier alpha value is -1.75. The van der Waals surface area contributed by atoms with Crippen LogP contribution in [0.3, 0.4) is 0 Å². The van der Waals surface area contributed by atoms with Gasteiger partial charge in [-0.25, -0.2) is 8.42 Å². The van der Waals surface area contributed by atoms with E-state index >= 15 is 0 Å². The van der Waals surface area contributed by atoms with Gasteiger partial charge in [0.1, 0.15) is 5.75 Å². The molecule has 0 saturated carbocycles. The highest BCUT2D eigenvalue weighted by molar-refractivity contribution is 7.90. The molecule has 29 heavy (non-hydrogen) atoms. The number of hydrogen-bond acceptors (Lipinski definition) is 7. The summed E-state index contributed by atoms with van der Waals surface area (Å²) in [5, 5.41) is 0. The lowest BCUT2D eigenvalue weighted by molar-refractivity contribution is 0.0511. The van der Waals surface area contributed by atoms with Gasteiger partial charge in [0.15, 0.2) is 16.6 Å². The average Bonchev–Trinajstić information content (AvgIpc) is 2.75. The Morgan fingerprint density at radius 3 is 1.86 bits per heavy atom. The van der Waals surface area contributed by atoms with E-state index in [1.165, 1.54) is 7.11 Å². The topological polar surface area (TPSA) is 80.3 Å². The van der Waals surface area contributed by atoms with E-state index in [9.17, 15) is 8.42 Å². The second kappa shape index (κ2) is 10.9. The van der Waals surface area contributed by atoms with Crippen LogP contribution in [0.5, 0.6) is 5.75 Å². The molecule has 160 valence electrons. The second-order valence-electron chi connectivity index (χ2n) is 6.39. The van der Waals surface area contributed by atoms with Gasteiger partial charge >= 0.3 is 8.80 Å². The van der Waals surface area contributed by atoms with Crippen molar-refractivity contribution in [1.82, 2.24) is 0 Å². The SMILES string of the molecule is COCOc1ccc(S(=O)(=O)Cc2ccc(CC[Si](OC)(OC)OC)cc2)cc1. The Balaban J connectivity index is 2.01. The summed E-state index contributed by atoms with van der Waals surface area (Å²) in [7, 11) is 0.209. The summed E-state index contributed by atoms with van der Waals surface area (Å²) in [5.74, 6) is 0.483. The largest absolute Gasteiger partial charge is 0.500 e. The predicted octanol–water partition coefficient (Wildman–Crippen LogP) is 3.06. The summed E-state index contributed by atoms with van der Waals surface area (Å²) in [6.45, 7) is 0.112. The molecule has 2 aromatic carbocycles. The zero-order valence-corrected chi connectivity index (χ0v) is 19.0. The van der Waals surface area contributed by atoms with Crippen molar-refractivity contribution in [2.45, 2.75) is 23.1 Å². The van der Waals surface area contributed by atoms with Gasteiger partial charge in [-0.1, -0.05) is 24.3 Å². The van der Waals surface area contributed by atoms with E-state index in [4.69, 9.17) is 22.8 Å². The van der Waals surface area contributed by atoms with Crippen molar-refractivity contribution in [2.24, 2.45) is 0 Å². The summed E-state index contributed by atoms with van der Waals surface area (Å²) >= 11 is 0. The molecule has 2 rings (SSSR count). The molecule has 0 amide bonds. The Kier molecular flexibility index (Phi) is 8.81. The van der Waals surface area contributed by atoms with Crippen molar-refractivity contribution in [3.8, 4) is 5.75 Å². The number of hydrogen-bond donors (Lipinski definition) is 0. The molecule has 0 radical (unpaired) electrons. The Bertz CT molecular complexity index is 839. The first-order chi connectivity index (χ1) is 13.9. The zero-order chi connectivity index (χ0) is 21.3. The molecule has 2 aromatic rings. The molecule has 7 nitrogen and oxygen atoms in total. The van der Waals surface area contributed by atoms with Crippen molar-refractivity contribution in [2.75, 3.05) is 35.2 Å². The van der Waals surface area contributed by atoms with E-state index in [0.29, 0.717) is 11.8 Å². The fraction of sp³-hybridized carbons (Fsp3) is 0.400. The predicted molar refractivity (Wildman–Crippen MR) is 112 cm³/mol. The van der Waals surface area contributed by atoms with Crippen LogP contribution in [0.2, 0.25) is 6.04 Å². The lowest BCUT2D eigenvalue weighted by Crippen LogP contribution is -2.43. The van der Waals surface area contributed by atoms with Gasteiger partial charge in [-0.15, -0.1) is 0 Å². The third-order valence-corrected chi connectivity index (χ3v) is 8.99. The van der Waals surface area contributed by atoms with Gasteiger partial charge in [-0.05, 0) is 41.8 Å². The Labute approximate surface area is 173 Å². The van der Waals surface area contributed by atoms with E-state index in [-0.39, 0.29) is 17.4 Å². The maximum Gasteiger partial charge on any atom is 0.500 e. The van der Waals surface area contributed by atoms with Gasteiger partial charge in [0.05, 0.1) is 10.6 Å². The molecule has 0 bridgehead atoms. The minimum absolute atomic E-state index is 0.0710. The summed E-state index contributed by atoms with van der Waals surface area (Å²) < 4.78 is 51.7. The van der Waals surface area contributed by atoms with Crippen LogP contribution in [0.15, 0.2) is 53.4 Å². The highest BCUT2D eigenvalue weighted by Gasteiger charge is 2.37. The highest BCUT2D eigenvalue weighted by atomic mass is 32.2. The fourth-order valence-electron chi connectivity index (χ4n) is 2.83. The standard InChI is InChI=1S/C20H28O7SSi/c1-23-16-27-19-9-11-20(12-10-19)28(21,22)15-18-7-5-17(6-8-18)13-14-29(24-2,25-3)26-4/h5-12H,13-16H2,1-4H3. The molecule has 0 atom stereocenters. The van der Waals surface area contributed by atoms with Crippen molar-refractivity contribution >= 4 is 18.6 Å². The maximum absolute atomic E-state index is 12.7. The molecule has 0 unspecified atom stereocenters. The molecule has 0 fully saturated rings. The van der Waals surface area contributed by atoms with Gasteiger partial charge in [-0.3, -0.25) is 0 Å². The van der Waals surface area contributed by atoms with E-state index < -0.39 is 18.6 Å². The van der Waals surface area contributed by atoms with Gasteiger partial charge in [0, 0.05) is 34.5 Å². The normalized spacial score (nSPS) is 12.1. The molecule has 0 spiro atoms. The second-order valence-corrected chi connectivity index (χ2v) is 11.5. The van der Waals surface area contributed by atoms with Crippen LogP contribution in [0.1, 0.15) is 11.1 Å². The molecule has 0 N–H and O–H groups in total. The molecular weight excluding hydrogens is 412 g/mol. The van der Waals surface area contributed by atoms with Gasteiger partial charge in [0.2, 0.25) is 0 Å². The summed E-state index contributed by atoms with van der Waals surface area (Å²) in [6, 6.07) is 14.5. The van der Waals surface area contributed by atoms with Crippen LogP contribution in [-0.4, -0.2) is 52.5 Å². The third-order valence-electron chi connectivity index (χ3n) is 4.56. The van der Waals surface area contributed by atoms with Crippen LogP contribution >= 0.6 is 0 Å². The lowest BCUT2D eigenvalue weighted by Gasteiger charge is -2.24. The fourth-order valence-corrected chi connectivity index (χ4v) is 5.88. The maximum atomic E-state index is 12.7. The molecule has 0 aliphatic heterocycles. The van der Waals surface area contributed by atoms with Crippen molar-refractivity contribution in [3.05, 3.63) is 59.7 Å². The van der Waals surface area contributed by atoms with Crippen LogP contribution in [-0.2, 0) is 40.0 Å². The van der Waals surface area contributed by atoms with Gasteiger partial charge in [0.25, 0.3) is 0 Å².